The Balaban J connectivity index is 1.30. The minimum atomic E-state index is -0.118. The van der Waals surface area contributed by atoms with Crippen molar-refractivity contribution in [1.82, 2.24) is 24.1 Å². The van der Waals surface area contributed by atoms with E-state index in [2.05, 4.69) is 135 Å². The van der Waals surface area contributed by atoms with Crippen LogP contribution in [-0.2, 0) is 0 Å². The number of H-pyrrole nitrogens is 1. The summed E-state index contributed by atoms with van der Waals surface area (Å²) in [7, 11) is 0. The van der Waals surface area contributed by atoms with Crippen molar-refractivity contribution in [2.24, 2.45) is 0 Å². The van der Waals surface area contributed by atoms with Crippen molar-refractivity contribution in [2.45, 2.75) is 0 Å². The molecular weight excluding hydrogens is 675 g/mol. The predicted molar refractivity (Wildman–Crippen MR) is 227 cm³/mol. The van der Waals surface area contributed by atoms with Gasteiger partial charge in [0.05, 0.1) is 38.8 Å². The maximum atomic E-state index is 14.0. The van der Waals surface area contributed by atoms with Gasteiger partial charge < -0.3 is 9.55 Å². The Labute approximate surface area is 313 Å². The summed E-state index contributed by atoms with van der Waals surface area (Å²) in [5.41, 5.74) is 8.59. The second kappa shape index (κ2) is 11.2. The normalized spacial score (nSPS) is 12.1. The minimum Gasteiger partial charge on any atom is -0.321 e. The number of nitrogens with zero attached hydrogens (tertiary/aromatic N) is 4. The molecule has 0 aliphatic heterocycles. The van der Waals surface area contributed by atoms with Crippen molar-refractivity contribution in [3.05, 3.63) is 180 Å². The molecule has 12 aromatic rings. The van der Waals surface area contributed by atoms with E-state index in [1.54, 1.807) is 0 Å². The zero-order valence-electron chi connectivity index (χ0n) is 29.4. The van der Waals surface area contributed by atoms with Crippen LogP contribution >= 0.6 is 0 Å². The summed E-state index contributed by atoms with van der Waals surface area (Å²) in [5, 5.41) is 10.0. The van der Waals surface area contributed by atoms with Crippen molar-refractivity contribution >= 4 is 87.0 Å². The van der Waals surface area contributed by atoms with Crippen LogP contribution in [0.25, 0.3) is 110 Å². The van der Waals surface area contributed by atoms with E-state index in [-0.39, 0.29) is 5.56 Å². The van der Waals surface area contributed by atoms with Crippen LogP contribution in [0.2, 0.25) is 0 Å². The Kier molecular flexibility index (Phi) is 6.11. The number of fused-ring (bicyclic) bond motifs is 14. The summed E-state index contributed by atoms with van der Waals surface area (Å²) in [6.07, 6.45) is 0. The molecule has 0 aliphatic rings. The highest BCUT2D eigenvalue weighted by Gasteiger charge is 2.24. The molecule has 0 saturated heterocycles. The third kappa shape index (κ3) is 4.16. The number of nitrogens with one attached hydrogen (secondary N) is 1. The first-order valence-electron chi connectivity index (χ1n) is 18.5. The maximum absolute atomic E-state index is 14.0. The van der Waals surface area contributed by atoms with E-state index in [1.807, 2.05) is 48.5 Å². The van der Waals surface area contributed by atoms with Gasteiger partial charge in [-0.15, -0.1) is 0 Å². The molecule has 0 aliphatic carbocycles. The van der Waals surface area contributed by atoms with Gasteiger partial charge in [-0.3, -0.25) is 9.36 Å². The SMILES string of the molecule is O=c1[nH]c2c(c3ccccc13)c1ccccc1c1c2c2cc(-n3c4ccccc4c4ccccc43)ccc2n1-c1nc(-c2ccccc2)c2ccccc2n1. The molecule has 1 N–H and O–H groups in total. The fraction of sp³-hybridized carbons (Fsp3) is 0. The summed E-state index contributed by atoms with van der Waals surface area (Å²) >= 11 is 0. The van der Waals surface area contributed by atoms with Crippen LogP contribution in [0.4, 0.5) is 0 Å². The second-order valence-electron chi connectivity index (χ2n) is 14.2. The Bertz CT molecular complexity index is 3580. The van der Waals surface area contributed by atoms with E-state index in [4.69, 9.17) is 9.97 Å². The van der Waals surface area contributed by atoms with Gasteiger partial charge in [0.2, 0.25) is 5.95 Å². The van der Waals surface area contributed by atoms with Gasteiger partial charge in [0, 0.05) is 54.3 Å². The lowest BCUT2D eigenvalue weighted by Crippen LogP contribution is -2.07. The molecule has 0 radical (unpaired) electrons. The van der Waals surface area contributed by atoms with Crippen molar-refractivity contribution in [3.63, 3.8) is 0 Å². The molecule has 0 saturated carbocycles. The van der Waals surface area contributed by atoms with Crippen LogP contribution in [-0.4, -0.2) is 24.1 Å². The number of aromatic nitrogens is 5. The molecule has 0 unspecified atom stereocenters. The largest absolute Gasteiger partial charge is 0.321 e. The highest BCUT2D eigenvalue weighted by molar-refractivity contribution is 6.35. The molecule has 256 valence electrons. The van der Waals surface area contributed by atoms with Crippen molar-refractivity contribution < 1.29 is 0 Å². The van der Waals surface area contributed by atoms with Crippen LogP contribution in [0.15, 0.2) is 175 Å². The molecule has 0 bridgehead atoms. The minimum absolute atomic E-state index is 0.118. The molecule has 4 aromatic heterocycles. The van der Waals surface area contributed by atoms with Gasteiger partial charge >= 0.3 is 0 Å². The first-order valence-corrected chi connectivity index (χ1v) is 18.5. The van der Waals surface area contributed by atoms with Gasteiger partial charge in [-0.25, -0.2) is 9.97 Å². The molecular formula is C49H29N5O. The molecule has 55 heavy (non-hydrogen) atoms. The van der Waals surface area contributed by atoms with Crippen molar-refractivity contribution in [1.29, 1.82) is 0 Å². The van der Waals surface area contributed by atoms with E-state index >= 15 is 0 Å². The molecule has 0 fully saturated rings. The standard InChI is InChI=1S/C49H29N5O/c55-48-36-21-7-5-19-34(36)43-33-18-4-6-20-35(33)47-44(46(43)51-48)38-28-30(53-40-24-12-9-16-31(40)32-17-10-13-25-41(32)53)26-27-42(38)54(47)49-50-39-23-11-8-22-37(39)45(52-49)29-14-2-1-3-15-29/h1-28H,(H,51,55). The van der Waals surface area contributed by atoms with E-state index in [1.165, 1.54) is 10.8 Å². The van der Waals surface area contributed by atoms with Gasteiger partial charge in [-0.2, -0.15) is 0 Å². The van der Waals surface area contributed by atoms with Crippen LogP contribution < -0.4 is 5.56 Å². The fourth-order valence-corrected chi connectivity index (χ4v) is 8.97. The number of para-hydroxylation sites is 3. The van der Waals surface area contributed by atoms with Gasteiger partial charge in [-0.05, 0) is 53.2 Å². The molecule has 0 amide bonds. The first kappa shape index (κ1) is 29.9. The molecule has 0 spiro atoms. The number of hydrogen-bond acceptors (Lipinski definition) is 3. The highest BCUT2D eigenvalue weighted by Crippen LogP contribution is 2.44. The molecule has 6 nitrogen and oxygen atoms in total. The highest BCUT2D eigenvalue weighted by atomic mass is 16.1. The van der Waals surface area contributed by atoms with Crippen LogP contribution in [0, 0.1) is 0 Å². The van der Waals surface area contributed by atoms with Gasteiger partial charge in [0.15, 0.2) is 0 Å². The summed E-state index contributed by atoms with van der Waals surface area (Å²) in [4.78, 5) is 28.1. The zero-order valence-corrected chi connectivity index (χ0v) is 29.4. The smallest absolute Gasteiger partial charge is 0.256 e. The summed E-state index contributed by atoms with van der Waals surface area (Å²) in [5.74, 6) is 0.565. The van der Waals surface area contributed by atoms with Crippen LogP contribution in [0.1, 0.15) is 0 Å². The summed E-state index contributed by atoms with van der Waals surface area (Å²) in [6.45, 7) is 0. The quantitative estimate of drug-likeness (QED) is 0.186. The van der Waals surface area contributed by atoms with Crippen LogP contribution in [0.5, 0.6) is 0 Å². The average molecular weight is 704 g/mol. The Morgan fingerprint density at radius 3 is 1.73 bits per heavy atom. The van der Waals surface area contributed by atoms with Gasteiger partial charge in [0.1, 0.15) is 0 Å². The van der Waals surface area contributed by atoms with Crippen molar-refractivity contribution in [2.75, 3.05) is 0 Å². The maximum Gasteiger partial charge on any atom is 0.256 e. The zero-order chi connectivity index (χ0) is 36.2. The Morgan fingerprint density at radius 2 is 1.00 bits per heavy atom. The Morgan fingerprint density at radius 1 is 0.436 bits per heavy atom. The molecule has 4 heterocycles. The number of hydrogen-bond donors (Lipinski definition) is 1. The fourth-order valence-electron chi connectivity index (χ4n) is 8.97. The number of benzene rings is 8. The van der Waals surface area contributed by atoms with Crippen LogP contribution in [0.3, 0.4) is 0 Å². The first-order chi connectivity index (χ1) is 27.2. The number of pyridine rings is 1. The lowest BCUT2D eigenvalue weighted by molar-refractivity contribution is 1.02. The van der Waals surface area contributed by atoms with E-state index in [0.29, 0.717) is 11.3 Å². The predicted octanol–water partition coefficient (Wildman–Crippen LogP) is 11.6. The topological polar surface area (TPSA) is 68.5 Å². The Hall–Kier alpha value is -7.57. The monoisotopic (exact) mass is 703 g/mol. The van der Waals surface area contributed by atoms with Gasteiger partial charge in [0.25, 0.3) is 5.56 Å². The number of aromatic amines is 1. The number of rotatable bonds is 3. The molecule has 12 rings (SSSR count). The third-order valence-corrected chi connectivity index (χ3v) is 11.3. The second-order valence-corrected chi connectivity index (χ2v) is 14.2. The van der Waals surface area contributed by atoms with E-state index in [0.717, 1.165) is 87.7 Å². The van der Waals surface area contributed by atoms with E-state index < -0.39 is 0 Å². The average Bonchev–Trinajstić information content (AvgIpc) is 3.77. The molecule has 6 heteroatoms. The third-order valence-electron chi connectivity index (χ3n) is 11.3. The summed E-state index contributed by atoms with van der Waals surface area (Å²) < 4.78 is 4.54. The van der Waals surface area contributed by atoms with Crippen molar-refractivity contribution in [3.8, 4) is 22.9 Å². The van der Waals surface area contributed by atoms with Gasteiger partial charge in [-0.1, -0.05) is 127 Å². The molecule has 0 atom stereocenters. The van der Waals surface area contributed by atoms with E-state index in [9.17, 15) is 4.79 Å². The lowest BCUT2D eigenvalue weighted by atomic mass is 9.96. The summed E-state index contributed by atoms with van der Waals surface area (Å²) in [6, 6.07) is 58.7. The lowest BCUT2D eigenvalue weighted by Gasteiger charge is -2.14. The molecule has 8 aromatic carbocycles.